The fourth-order valence-electron chi connectivity index (χ4n) is 4.28. The van der Waals surface area contributed by atoms with Gasteiger partial charge < -0.3 is 11.1 Å². The Hall–Kier alpha value is -4.44. The van der Waals surface area contributed by atoms with E-state index in [-0.39, 0.29) is 17.4 Å². The van der Waals surface area contributed by atoms with Crippen LogP contribution in [0.5, 0.6) is 0 Å². The lowest BCUT2D eigenvalue weighted by atomic mass is 9.87. The summed E-state index contributed by atoms with van der Waals surface area (Å²) in [6.45, 7) is 20.8. The molecule has 0 saturated carbocycles. The molecule has 0 aliphatic carbocycles. The maximum absolute atomic E-state index is 8.58. The SMILES string of the molecule is C=CC(=N/C=C\C)Nc1cc(CCc2cc(-c3ccnc(C(C)(C)C#CCC)c3)ccc2C)nn1C(C)(C)C.NC=O. The van der Waals surface area contributed by atoms with Crippen LogP contribution in [-0.4, -0.2) is 27.0 Å². The lowest BCUT2D eigenvalue weighted by molar-refractivity contribution is -0.106. The van der Waals surface area contributed by atoms with Gasteiger partial charge in [-0.15, -0.1) is 5.92 Å². The highest BCUT2D eigenvalue weighted by atomic mass is 16.1. The summed E-state index contributed by atoms with van der Waals surface area (Å²) in [5.74, 6) is 8.17. The summed E-state index contributed by atoms with van der Waals surface area (Å²) in [5, 5.41) is 8.36. The lowest BCUT2D eigenvalue weighted by Gasteiger charge is -2.22. The highest BCUT2D eigenvalue weighted by Crippen LogP contribution is 2.28. The van der Waals surface area contributed by atoms with E-state index in [0.717, 1.165) is 42.0 Å². The van der Waals surface area contributed by atoms with Crippen molar-refractivity contribution in [2.75, 3.05) is 5.32 Å². The molecule has 2 heterocycles. The Kier molecular flexibility index (Phi) is 12.5. The van der Waals surface area contributed by atoms with Crippen LogP contribution in [0.2, 0.25) is 0 Å². The Morgan fingerprint density at radius 3 is 2.43 bits per heavy atom. The molecule has 2 aromatic heterocycles. The van der Waals surface area contributed by atoms with E-state index in [1.807, 2.05) is 23.9 Å². The van der Waals surface area contributed by atoms with E-state index in [1.165, 1.54) is 16.7 Å². The van der Waals surface area contributed by atoms with Crippen LogP contribution >= 0.6 is 0 Å². The smallest absolute Gasteiger partial charge is 0.204 e. The minimum Gasteiger partial charge on any atom is -0.372 e. The number of nitrogens with one attached hydrogen (secondary N) is 1. The largest absolute Gasteiger partial charge is 0.372 e. The number of hydrogen-bond acceptors (Lipinski definition) is 4. The predicted molar refractivity (Wildman–Crippen MR) is 176 cm³/mol. The fraction of sp³-hybridized carbons (Fsp3) is 0.371. The van der Waals surface area contributed by atoms with Crippen molar-refractivity contribution in [3.05, 3.63) is 90.0 Å². The van der Waals surface area contributed by atoms with E-state index in [9.17, 15) is 0 Å². The number of aliphatic imine (C=N–C) groups is 1. The Morgan fingerprint density at radius 2 is 1.81 bits per heavy atom. The third-order valence-electron chi connectivity index (χ3n) is 6.52. The van der Waals surface area contributed by atoms with Crippen molar-refractivity contribution < 1.29 is 4.79 Å². The first kappa shape index (κ1) is 33.8. The molecule has 1 aromatic carbocycles. The number of amidine groups is 1. The van der Waals surface area contributed by atoms with Crippen molar-refractivity contribution in [3.8, 4) is 23.0 Å². The zero-order chi connectivity index (χ0) is 31.3. The van der Waals surface area contributed by atoms with Crippen molar-refractivity contribution in [2.45, 2.75) is 85.6 Å². The first-order chi connectivity index (χ1) is 19.9. The minimum atomic E-state index is -0.291. The van der Waals surface area contributed by atoms with Gasteiger partial charge in [0.25, 0.3) is 0 Å². The second-order valence-electron chi connectivity index (χ2n) is 11.4. The van der Waals surface area contributed by atoms with Crippen LogP contribution in [0.3, 0.4) is 0 Å². The highest BCUT2D eigenvalue weighted by Gasteiger charge is 2.21. The lowest BCUT2D eigenvalue weighted by Crippen LogP contribution is -2.26. The summed E-state index contributed by atoms with van der Waals surface area (Å²) < 4.78 is 2.03. The van der Waals surface area contributed by atoms with Crippen LogP contribution in [0.25, 0.3) is 11.1 Å². The molecule has 3 rings (SSSR count). The van der Waals surface area contributed by atoms with Crippen LogP contribution < -0.4 is 11.1 Å². The molecule has 7 heteroatoms. The van der Waals surface area contributed by atoms with Crippen LogP contribution in [0.15, 0.2) is 72.5 Å². The summed E-state index contributed by atoms with van der Waals surface area (Å²) in [6.07, 6.45) is 10.1. The second-order valence-corrected chi connectivity index (χ2v) is 11.4. The summed E-state index contributed by atoms with van der Waals surface area (Å²) in [5.41, 5.74) is 10.7. The highest BCUT2D eigenvalue weighted by molar-refractivity contribution is 6.03. The zero-order valence-corrected chi connectivity index (χ0v) is 26.5. The first-order valence-electron chi connectivity index (χ1n) is 14.3. The normalized spacial score (nSPS) is 11.8. The Balaban J connectivity index is 0.00000197. The summed E-state index contributed by atoms with van der Waals surface area (Å²) in [4.78, 5) is 17.6. The zero-order valence-electron chi connectivity index (χ0n) is 26.5. The average molecular weight is 567 g/mol. The van der Waals surface area contributed by atoms with E-state index in [0.29, 0.717) is 5.84 Å². The van der Waals surface area contributed by atoms with Crippen LogP contribution in [0.1, 0.15) is 77.4 Å². The summed E-state index contributed by atoms with van der Waals surface area (Å²) >= 11 is 0. The molecule has 0 bridgehead atoms. The number of carbonyl (C=O) groups is 1. The Labute approximate surface area is 252 Å². The van der Waals surface area contributed by atoms with Gasteiger partial charge >= 0.3 is 0 Å². The fourth-order valence-corrected chi connectivity index (χ4v) is 4.28. The molecule has 0 atom stereocenters. The number of primary amides is 1. The number of benzene rings is 1. The quantitative estimate of drug-likeness (QED) is 0.131. The van der Waals surface area contributed by atoms with E-state index in [2.05, 4.69) is 124 Å². The molecule has 0 unspecified atom stereocenters. The van der Waals surface area contributed by atoms with Gasteiger partial charge in [0.05, 0.1) is 22.3 Å². The van der Waals surface area contributed by atoms with Crippen molar-refractivity contribution in [3.63, 3.8) is 0 Å². The van der Waals surface area contributed by atoms with Gasteiger partial charge in [0.2, 0.25) is 6.41 Å². The standard InChI is InChI=1S/C34H43N5.CH3NO/c1-10-13-19-34(8,9)30-23-28(18-21-35-30)27-15-14-25(4)26(22-27)16-17-29-24-32(39(38-29)33(5,6)7)37-31(12-3)36-20-11-2;2-1-3/h11-12,14-15,18,20-24H,3,10,16-17H2,1-2,4-9H3,(H,36,37);1H,(H2,2,3)/b20-11-;. The summed E-state index contributed by atoms with van der Waals surface area (Å²) in [7, 11) is 0. The second kappa shape index (κ2) is 15.5. The van der Waals surface area contributed by atoms with Crippen molar-refractivity contribution >= 4 is 18.1 Å². The number of nitrogens with zero attached hydrogens (tertiary/aromatic N) is 4. The number of allylic oxidation sites excluding steroid dienone is 1. The number of anilines is 1. The maximum Gasteiger partial charge on any atom is 0.204 e. The van der Waals surface area contributed by atoms with Gasteiger partial charge in [0.1, 0.15) is 11.7 Å². The van der Waals surface area contributed by atoms with E-state index < -0.39 is 0 Å². The molecule has 0 aliphatic rings. The molecule has 222 valence electrons. The van der Waals surface area contributed by atoms with Gasteiger partial charge in [-0.25, -0.2) is 9.67 Å². The number of rotatable bonds is 8. The molecule has 7 nitrogen and oxygen atoms in total. The van der Waals surface area contributed by atoms with Crippen LogP contribution in [0, 0.1) is 18.8 Å². The molecule has 0 radical (unpaired) electrons. The van der Waals surface area contributed by atoms with Crippen LogP contribution in [0.4, 0.5) is 5.82 Å². The third-order valence-corrected chi connectivity index (χ3v) is 6.52. The number of hydrogen-bond donors (Lipinski definition) is 2. The Morgan fingerprint density at radius 1 is 1.12 bits per heavy atom. The van der Waals surface area contributed by atoms with Gasteiger partial charge in [0.15, 0.2) is 0 Å². The number of nitrogens with two attached hydrogens (primary N) is 1. The molecule has 0 aliphatic heterocycles. The molecule has 0 fully saturated rings. The molecule has 3 aromatic rings. The number of aromatic nitrogens is 3. The van der Waals surface area contributed by atoms with E-state index >= 15 is 0 Å². The van der Waals surface area contributed by atoms with Crippen molar-refractivity contribution in [1.82, 2.24) is 14.8 Å². The average Bonchev–Trinajstić information content (AvgIpc) is 3.37. The number of aryl methyl sites for hydroxylation is 3. The first-order valence-corrected chi connectivity index (χ1v) is 14.3. The topological polar surface area (TPSA) is 98.2 Å². The monoisotopic (exact) mass is 566 g/mol. The van der Waals surface area contributed by atoms with Crippen molar-refractivity contribution in [1.29, 1.82) is 0 Å². The van der Waals surface area contributed by atoms with Gasteiger partial charge in [-0.1, -0.05) is 43.7 Å². The summed E-state index contributed by atoms with van der Waals surface area (Å²) in [6, 6.07) is 13.1. The molecular weight excluding hydrogens is 520 g/mol. The third kappa shape index (κ3) is 9.59. The number of carbonyl (C=O) groups excluding carboxylic acids is 1. The van der Waals surface area contributed by atoms with Gasteiger partial charge in [0, 0.05) is 24.9 Å². The maximum atomic E-state index is 8.58. The van der Waals surface area contributed by atoms with Crippen LogP contribution in [-0.2, 0) is 28.6 Å². The molecular formula is C35H46N6O. The number of pyridine rings is 1. The predicted octanol–water partition coefficient (Wildman–Crippen LogP) is 7.12. The molecule has 3 N–H and O–H groups in total. The van der Waals surface area contributed by atoms with Crippen molar-refractivity contribution in [2.24, 2.45) is 10.7 Å². The van der Waals surface area contributed by atoms with E-state index in [1.54, 1.807) is 12.3 Å². The molecule has 1 amide bonds. The minimum absolute atomic E-state index is 0.183. The van der Waals surface area contributed by atoms with Gasteiger partial charge in [-0.05, 0) is 102 Å². The number of amides is 1. The van der Waals surface area contributed by atoms with Gasteiger partial charge in [-0.3, -0.25) is 9.78 Å². The molecule has 42 heavy (non-hydrogen) atoms. The Bertz CT molecular complexity index is 1480. The molecule has 0 saturated heterocycles. The molecule has 0 spiro atoms. The van der Waals surface area contributed by atoms with E-state index in [4.69, 9.17) is 9.89 Å². The van der Waals surface area contributed by atoms with Gasteiger partial charge in [-0.2, -0.15) is 5.10 Å².